The van der Waals surface area contributed by atoms with Gasteiger partial charge >= 0.3 is 0 Å². The molecule has 0 fully saturated rings. The average Bonchev–Trinajstić information content (AvgIpc) is 2.87. The van der Waals surface area contributed by atoms with E-state index < -0.39 is 0 Å². The fourth-order valence-corrected chi connectivity index (χ4v) is 2.02. The van der Waals surface area contributed by atoms with Crippen LogP contribution in [0.1, 0.15) is 17.1 Å². The van der Waals surface area contributed by atoms with Crippen molar-refractivity contribution in [2.45, 2.75) is 13.5 Å². The van der Waals surface area contributed by atoms with Gasteiger partial charge < -0.3 is 0 Å². The first-order valence-corrected chi connectivity index (χ1v) is 5.95. The molecular formula is C13H10N6O. The van der Waals surface area contributed by atoms with E-state index in [9.17, 15) is 4.79 Å². The molecule has 3 heterocycles. The number of aromatic nitrogens is 5. The Bertz CT molecular complexity index is 886. The summed E-state index contributed by atoms with van der Waals surface area (Å²) < 4.78 is 3.05. The SMILES string of the molecule is Cc1cccn2c(=O)cc(Cn3cnnc3C#N)nc12. The number of hydrogen-bond donors (Lipinski definition) is 0. The molecule has 7 heteroatoms. The summed E-state index contributed by atoms with van der Waals surface area (Å²) in [4.78, 5) is 16.5. The molecule has 3 aromatic heterocycles. The summed E-state index contributed by atoms with van der Waals surface area (Å²) >= 11 is 0. The molecule has 0 spiro atoms. The second kappa shape index (κ2) is 4.59. The van der Waals surface area contributed by atoms with E-state index in [4.69, 9.17) is 5.26 Å². The van der Waals surface area contributed by atoms with Crippen LogP contribution in [0.5, 0.6) is 0 Å². The molecule has 0 saturated carbocycles. The van der Waals surface area contributed by atoms with Crippen molar-refractivity contribution in [1.82, 2.24) is 24.1 Å². The summed E-state index contributed by atoms with van der Waals surface area (Å²) in [6, 6.07) is 7.09. The molecule has 0 aliphatic rings. The van der Waals surface area contributed by atoms with Crippen LogP contribution in [0, 0.1) is 18.3 Å². The van der Waals surface area contributed by atoms with Gasteiger partial charge in [0.05, 0.1) is 12.2 Å². The Kier molecular flexibility index (Phi) is 2.76. The zero-order valence-corrected chi connectivity index (χ0v) is 10.7. The van der Waals surface area contributed by atoms with Gasteiger partial charge in [0.2, 0.25) is 5.82 Å². The van der Waals surface area contributed by atoms with Gasteiger partial charge in [-0.3, -0.25) is 13.8 Å². The average molecular weight is 266 g/mol. The highest BCUT2D eigenvalue weighted by molar-refractivity contribution is 5.46. The molecule has 0 aliphatic carbocycles. The van der Waals surface area contributed by atoms with Gasteiger partial charge in [-0.1, -0.05) is 6.07 Å². The lowest BCUT2D eigenvalue weighted by molar-refractivity contribution is 0.753. The third kappa shape index (κ3) is 1.93. The zero-order chi connectivity index (χ0) is 14.1. The number of hydrogen-bond acceptors (Lipinski definition) is 5. The molecule has 0 unspecified atom stereocenters. The smallest absolute Gasteiger partial charge is 0.258 e. The Balaban J connectivity index is 2.12. The highest BCUT2D eigenvalue weighted by atomic mass is 16.1. The highest BCUT2D eigenvalue weighted by Crippen LogP contribution is 2.07. The maximum Gasteiger partial charge on any atom is 0.258 e. The predicted molar refractivity (Wildman–Crippen MR) is 70.0 cm³/mol. The Hall–Kier alpha value is -3.01. The van der Waals surface area contributed by atoms with Crippen molar-refractivity contribution in [2.24, 2.45) is 0 Å². The number of aryl methyl sites for hydroxylation is 1. The van der Waals surface area contributed by atoms with E-state index >= 15 is 0 Å². The van der Waals surface area contributed by atoms with Gasteiger partial charge in [-0.15, -0.1) is 10.2 Å². The molecule has 0 bridgehead atoms. The molecule has 0 aliphatic heterocycles. The van der Waals surface area contributed by atoms with E-state index in [1.54, 1.807) is 16.8 Å². The van der Waals surface area contributed by atoms with Crippen LogP contribution in [0.15, 0.2) is 35.5 Å². The minimum atomic E-state index is -0.153. The second-order valence-electron chi connectivity index (χ2n) is 4.36. The van der Waals surface area contributed by atoms with Gasteiger partial charge in [-0.2, -0.15) is 5.26 Å². The topological polar surface area (TPSA) is 88.9 Å². The summed E-state index contributed by atoms with van der Waals surface area (Å²) in [6.07, 6.45) is 3.13. The van der Waals surface area contributed by atoms with Crippen LogP contribution >= 0.6 is 0 Å². The maximum absolute atomic E-state index is 12.1. The molecule has 0 radical (unpaired) electrons. The second-order valence-corrected chi connectivity index (χ2v) is 4.36. The van der Waals surface area contributed by atoms with Crippen molar-refractivity contribution in [2.75, 3.05) is 0 Å². The van der Waals surface area contributed by atoms with E-state index in [0.29, 0.717) is 11.3 Å². The number of fused-ring (bicyclic) bond motifs is 1. The summed E-state index contributed by atoms with van der Waals surface area (Å²) in [7, 11) is 0. The van der Waals surface area contributed by atoms with E-state index in [0.717, 1.165) is 5.56 Å². The van der Waals surface area contributed by atoms with Crippen molar-refractivity contribution in [3.05, 3.63) is 58.2 Å². The lowest BCUT2D eigenvalue weighted by Crippen LogP contribution is -2.17. The summed E-state index contributed by atoms with van der Waals surface area (Å²) in [5.74, 6) is 0.191. The minimum absolute atomic E-state index is 0.153. The largest absolute Gasteiger partial charge is 0.299 e. The summed E-state index contributed by atoms with van der Waals surface area (Å²) in [5.41, 5.74) is 1.94. The number of nitrogens with zero attached hydrogens (tertiary/aromatic N) is 6. The highest BCUT2D eigenvalue weighted by Gasteiger charge is 2.08. The van der Waals surface area contributed by atoms with Crippen LogP contribution in [0.3, 0.4) is 0 Å². The van der Waals surface area contributed by atoms with Gasteiger partial charge in [0.25, 0.3) is 5.56 Å². The van der Waals surface area contributed by atoms with E-state index in [-0.39, 0.29) is 17.9 Å². The number of nitriles is 1. The van der Waals surface area contributed by atoms with Gasteiger partial charge in [0.1, 0.15) is 18.0 Å². The first-order valence-electron chi connectivity index (χ1n) is 5.95. The van der Waals surface area contributed by atoms with Crippen molar-refractivity contribution >= 4 is 5.65 Å². The third-order valence-electron chi connectivity index (χ3n) is 2.99. The number of rotatable bonds is 2. The minimum Gasteiger partial charge on any atom is -0.299 e. The molecule has 0 aromatic carbocycles. The molecular weight excluding hydrogens is 256 g/mol. The normalized spacial score (nSPS) is 10.6. The van der Waals surface area contributed by atoms with Gasteiger partial charge in [0.15, 0.2) is 0 Å². The van der Waals surface area contributed by atoms with Crippen LogP contribution in [0.2, 0.25) is 0 Å². The zero-order valence-electron chi connectivity index (χ0n) is 10.7. The van der Waals surface area contributed by atoms with E-state index in [1.165, 1.54) is 16.8 Å². The third-order valence-corrected chi connectivity index (χ3v) is 2.99. The quantitative estimate of drug-likeness (QED) is 0.674. The van der Waals surface area contributed by atoms with Crippen molar-refractivity contribution in [3.63, 3.8) is 0 Å². The molecule has 98 valence electrons. The van der Waals surface area contributed by atoms with Crippen molar-refractivity contribution in [1.29, 1.82) is 5.26 Å². The predicted octanol–water partition coefficient (Wildman–Crippen LogP) is 0.514. The molecule has 0 atom stereocenters. The molecule has 0 amide bonds. The fourth-order valence-electron chi connectivity index (χ4n) is 2.02. The van der Waals surface area contributed by atoms with Crippen LogP contribution < -0.4 is 5.56 Å². The van der Waals surface area contributed by atoms with Crippen LogP contribution in [-0.2, 0) is 6.54 Å². The van der Waals surface area contributed by atoms with Crippen molar-refractivity contribution < 1.29 is 0 Å². The van der Waals surface area contributed by atoms with Gasteiger partial charge in [0, 0.05) is 12.3 Å². The van der Waals surface area contributed by atoms with Crippen molar-refractivity contribution in [3.8, 4) is 6.07 Å². The van der Waals surface area contributed by atoms with Gasteiger partial charge in [-0.05, 0) is 18.6 Å². The Labute approximate surface area is 113 Å². The maximum atomic E-state index is 12.1. The van der Waals surface area contributed by atoms with Crippen LogP contribution in [-0.4, -0.2) is 24.1 Å². The molecule has 0 saturated heterocycles. The monoisotopic (exact) mass is 266 g/mol. The van der Waals surface area contributed by atoms with Crippen LogP contribution in [0.4, 0.5) is 0 Å². The summed E-state index contributed by atoms with van der Waals surface area (Å²) in [6.45, 7) is 2.18. The summed E-state index contributed by atoms with van der Waals surface area (Å²) in [5, 5.41) is 16.2. The molecule has 3 aromatic rings. The first kappa shape index (κ1) is 12.0. The van der Waals surface area contributed by atoms with E-state index in [1.807, 2.05) is 19.1 Å². The Morgan fingerprint density at radius 2 is 2.30 bits per heavy atom. The standard InChI is InChI=1S/C13H10N6O/c1-9-3-2-4-19-12(20)5-10(16-13(9)19)7-18-8-15-17-11(18)6-14/h2-5,8H,7H2,1H3. The van der Waals surface area contributed by atoms with Crippen LogP contribution in [0.25, 0.3) is 5.65 Å². The lowest BCUT2D eigenvalue weighted by atomic mass is 10.3. The first-order chi connectivity index (χ1) is 9.69. The molecule has 3 rings (SSSR count). The Morgan fingerprint density at radius 1 is 1.45 bits per heavy atom. The molecule has 0 N–H and O–H groups in total. The fraction of sp³-hybridized carbons (Fsp3) is 0.154. The molecule has 7 nitrogen and oxygen atoms in total. The molecule has 20 heavy (non-hydrogen) atoms. The number of pyridine rings is 1. The van der Waals surface area contributed by atoms with Gasteiger partial charge in [-0.25, -0.2) is 4.98 Å². The Morgan fingerprint density at radius 3 is 3.10 bits per heavy atom. The van der Waals surface area contributed by atoms with E-state index in [2.05, 4.69) is 15.2 Å². The lowest BCUT2D eigenvalue weighted by Gasteiger charge is -2.06.